The molecule has 0 fully saturated rings. The second-order valence-corrected chi connectivity index (χ2v) is 16.8. The molecular weight excluding hydrogens is 549 g/mol. The van der Waals surface area contributed by atoms with Crippen molar-refractivity contribution in [1.82, 2.24) is 5.16 Å². The second-order valence-electron chi connectivity index (χ2n) is 11.2. The molecule has 0 radical (unpaired) electrons. The molecular formula is C30H41Cl2N3O3Si. The maximum absolute atomic E-state index is 13.6. The highest BCUT2D eigenvalue weighted by molar-refractivity contribution is 6.74. The van der Waals surface area contributed by atoms with Gasteiger partial charge in [0.05, 0.1) is 10.0 Å². The van der Waals surface area contributed by atoms with Gasteiger partial charge in [0, 0.05) is 43.1 Å². The molecule has 39 heavy (non-hydrogen) atoms. The molecule has 0 aliphatic heterocycles. The molecule has 0 aliphatic rings. The maximum Gasteiger partial charge on any atom is 0.261 e. The number of carbonyl (C=O) groups excluding carboxylic acids is 1. The number of halogens is 2. The van der Waals surface area contributed by atoms with Crippen LogP contribution in [0.1, 0.15) is 63.6 Å². The first kappa shape index (κ1) is 31.2. The van der Waals surface area contributed by atoms with Crippen molar-refractivity contribution in [2.75, 3.05) is 29.9 Å². The minimum Gasteiger partial charge on any atom is -0.417 e. The van der Waals surface area contributed by atoms with Crippen LogP contribution in [0.2, 0.25) is 28.2 Å². The molecule has 3 rings (SSSR count). The number of unbranched alkanes of at least 4 members (excludes halogenated alkanes) is 1. The smallest absolute Gasteiger partial charge is 0.261 e. The summed E-state index contributed by atoms with van der Waals surface area (Å²) >= 11 is 13.0. The molecule has 0 bridgehead atoms. The average Bonchev–Trinajstić information content (AvgIpc) is 3.28. The number of rotatable bonds is 12. The fraction of sp³-hybridized carbons (Fsp3) is 0.467. The molecule has 0 unspecified atom stereocenters. The summed E-state index contributed by atoms with van der Waals surface area (Å²) in [6.07, 6.45) is 2.18. The topological polar surface area (TPSA) is 67.6 Å². The molecule has 1 amide bonds. The molecule has 212 valence electrons. The summed E-state index contributed by atoms with van der Waals surface area (Å²) in [7, 11) is -1.81. The summed E-state index contributed by atoms with van der Waals surface area (Å²) in [4.78, 5) is 15.9. The number of benzene rings is 2. The Morgan fingerprint density at radius 1 is 1.03 bits per heavy atom. The van der Waals surface area contributed by atoms with Gasteiger partial charge < -0.3 is 19.2 Å². The number of nitrogens with zero attached hydrogens (tertiary/aromatic N) is 2. The van der Waals surface area contributed by atoms with Crippen LogP contribution < -0.4 is 10.2 Å². The Hall–Kier alpha value is -2.32. The van der Waals surface area contributed by atoms with E-state index in [1.54, 1.807) is 18.2 Å². The Bertz CT molecular complexity index is 1230. The summed E-state index contributed by atoms with van der Waals surface area (Å²) in [5.74, 6) is 0.191. The van der Waals surface area contributed by atoms with Gasteiger partial charge in [0.1, 0.15) is 17.0 Å². The molecule has 0 spiro atoms. The summed E-state index contributed by atoms with van der Waals surface area (Å²) < 4.78 is 12.0. The Labute approximate surface area is 244 Å². The fourth-order valence-corrected chi connectivity index (χ4v) is 5.76. The first-order valence-corrected chi connectivity index (χ1v) is 17.3. The van der Waals surface area contributed by atoms with Gasteiger partial charge >= 0.3 is 0 Å². The second kappa shape index (κ2) is 13.4. The molecule has 0 aliphatic carbocycles. The third-order valence-electron chi connectivity index (χ3n) is 7.51. The molecule has 1 aromatic heterocycles. The molecule has 0 saturated carbocycles. The van der Waals surface area contributed by atoms with E-state index in [1.807, 2.05) is 24.3 Å². The lowest BCUT2D eigenvalue weighted by Crippen LogP contribution is -2.40. The van der Waals surface area contributed by atoms with E-state index in [0.29, 0.717) is 51.3 Å². The van der Waals surface area contributed by atoms with Crippen molar-refractivity contribution in [2.24, 2.45) is 0 Å². The minimum absolute atomic E-state index is 0.163. The Morgan fingerprint density at radius 3 is 2.21 bits per heavy atom. The zero-order valence-corrected chi connectivity index (χ0v) is 26.7. The van der Waals surface area contributed by atoms with Crippen molar-refractivity contribution in [3.8, 4) is 11.3 Å². The molecule has 2 aromatic carbocycles. The van der Waals surface area contributed by atoms with Crippen molar-refractivity contribution in [3.63, 3.8) is 0 Å². The van der Waals surface area contributed by atoms with Crippen LogP contribution in [-0.4, -0.2) is 39.1 Å². The Morgan fingerprint density at radius 2 is 1.64 bits per heavy atom. The van der Waals surface area contributed by atoms with E-state index in [-0.39, 0.29) is 10.9 Å². The summed E-state index contributed by atoms with van der Waals surface area (Å²) in [6.45, 7) is 17.9. The van der Waals surface area contributed by atoms with Crippen molar-refractivity contribution in [3.05, 3.63) is 63.8 Å². The number of carbonyl (C=O) groups is 1. The van der Waals surface area contributed by atoms with Gasteiger partial charge in [0.2, 0.25) is 0 Å². The molecule has 0 saturated heterocycles. The highest BCUT2D eigenvalue weighted by Crippen LogP contribution is 2.38. The van der Waals surface area contributed by atoms with Gasteiger partial charge in [-0.25, -0.2) is 0 Å². The van der Waals surface area contributed by atoms with Crippen molar-refractivity contribution in [1.29, 1.82) is 0 Å². The summed E-state index contributed by atoms with van der Waals surface area (Å²) in [5.41, 5.74) is 2.96. The van der Waals surface area contributed by atoms with Crippen LogP contribution in [0.5, 0.6) is 0 Å². The van der Waals surface area contributed by atoms with Gasteiger partial charge in [-0.2, -0.15) is 0 Å². The van der Waals surface area contributed by atoms with Crippen LogP contribution in [0.25, 0.3) is 11.3 Å². The third-order valence-corrected chi connectivity index (χ3v) is 12.7. The fourth-order valence-electron chi connectivity index (χ4n) is 4.09. The molecule has 9 heteroatoms. The SMILES string of the molecule is CCN(CC)c1ccc(NC(=O)c2c(-c3c(Cl)cccc3Cl)noc2CCCCO[Si](C)(C)C(C)(C)C)cc1. The van der Waals surface area contributed by atoms with Crippen LogP contribution in [-0.2, 0) is 10.8 Å². The lowest BCUT2D eigenvalue weighted by Gasteiger charge is -2.36. The van der Waals surface area contributed by atoms with Crippen LogP contribution in [0.15, 0.2) is 47.0 Å². The van der Waals surface area contributed by atoms with Crippen molar-refractivity contribution in [2.45, 2.75) is 72.0 Å². The van der Waals surface area contributed by atoms with Crippen molar-refractivity contribution < 1.29 is 13.7 Å². The number of aryl methyl sites for hydroxylation is 1. The number of aromatic nitrogens is 1. The molecule has 1 heterocycles. The lowest BCUT2D eigenvalue weighted by atomic mass is 10.0. The highest BCUT2D eigenvalue weighted by Gasteiger charge is 2.36. The number of anilines is 2. The zero-order chi connectivity index (χ0) is 28.8. The maximum atomic E-state index is 13.6. The van der Waals surface area contributed by atoms with Crippen LogP contribution in [0.4, 0.5) is 11.4 Å². The summed E-state index contributed by atoms with van der Waals surface area (Å²) in [6, 6.07) is 13.0. The number of amides is 1. The van der Waals surface area contributed by atoms with Crippen LogP contribution in [0, 0.1) is 0 Å². The predicted molar refractivity (Wildman–Crippen MR) is 166 cm³/mol. The van der Waals surface area contributed by atoms with Crippen LogP contribution in [0.3, 0.4) is 0 Å². The monoisotopic (exact) mass is 589 g/mol. The largest absolute Gasteiger partial charge is 0.417 e. The van der Waals surface area contributed by atoms with Gasteiger partial charge in [-0.1, -0.05) is 55.2 Å². The normalized spacial score (nSPS) is 12.0. The number of hydrogen-bond donors (Lipinski definition) is 1. The van der Waals surface area contributed by atoms with Gasteiger partial charge in [-0.3, -0.25) is 4.79 Å². The van der Waals surface area contributed by atoms with Gasteiger partial charge in [-0.15, -0.1) is 0 Å². The van der Waals surface area contributed by atoms with E-state index in [2.05, 4.69) is 63.1 Å². The Kier molecular flexibility index (Phi) is 10.7. The van der Waals surface area contributed by atoms with Gasteiger partial charge in [-0.05, 0) is 81.2 Å². The van der Waals surface area contributed by atoms with Crippen LogP contribution >= 0.6 is 23.2 Å². The Balaban J connectivity index is 1.82. The zero-order valence-electron chi connectivity index (χ0n) is 24.2. The van der Waals surface area contributed by atoms with Gasteiger partial charge in [0.15, 0.2) is 8.32 Å². The lowest BCUT2D eigenvalue weighted by molar-refractivity contribution is 0.102. The molecule has 1 N–H and O–H groups in total. The van der Waals surface area contributed by atoms with E-state index in [4.69, 9.17) is 32.2 Å². The quantitative estimate of drug-likeness (QED) is 0.168. The number of nitrogens with one attached hydrogen (secondary N) is 1. The van der Waals surface area contributed by atoms with Gasteiger partial charge in [0.25, 0.3) is 5.91 Å². The van der Waals surface area contributed by atoms with E-state index in [9.17, 15) is 4.79 Å². The summed E-state index contributed by atoms with van der Waals surface area (Å²) in [5, 5.41) is 8.25. The molecule has 3 aromatic rings. The third kappa shape index (κ3) is 7.66. The first-order chi connectivity index (χ1) is 18.4. The van der Waals surface area contributed by atoms with Crippen molar-refractivity contribution >= 4 is 48.8 Å². The van der Waals surface area contributed by atoms with E-state index in [1.165, 1.54) is 0 Å². The molecule has 6 nitrogen and oxygen atoms in total. The standard InChI is InChI=1S/C30H41Cl2N3O3Si/c1-8-35(9-2)22-18-16-21(17-19-22)33-29(36)27-25(15-10-11-20-37-39(6,7)30(3,4)5)38-34-28(27)26-23(31)13-12-14-24(26)32/h12-14,16-19H,8-11,15,20H2,1-7H3,(H,33,36). The minimum atomic E-state index is -1.81. The number of hydrogen-bond acceptors (Lipinski definition) is 5. The molecule has 0 atom stereocenters. The highest BCUT2D eigenvalue weighted by atomic mass is 35.5. The van der Waals surface area contributed by atoms with E-state index >= 15 is 0 Å². The van der Waals surface area contributed by atoms with E-state index < -0.39 is 8.32 Å². The predicted octanol–water partition coefficient (Wildman–Crippen LogP) is 9.09. The van der Waals surface area contributed by atoms with E-state index in [0.717, 1.165) is 31.6 Å². The first-order valence-electron chi connectivity index (χ1n) is 13.6. The average molecular weight is 591 g/mol.